The van der Waals surface area contributed by atoms with E-state index in [4.69, 9.17) is 42.1 Å². The Kier molecular flexibility index (Phi) is 12.1. The number of halogens is 2. The van der Waals surface area contributed by atoms with Gasteiger partial charge in [-0.25, -0.2) is 39.1 Å². The second-order valence-electron chi connectivity index (χ2n) is 12.3. The predicted molar refractivity (Wildman–Crippen MR) is 166 cm³/mol. The van der Waals surface area contributed by atoms with Crippen LogP contribution in [0, 0.1) is 0 Å². The van der Waals surface area contributed by atoms with Gasteiger partial charge in [0.2, 0.25) is 0 Å². The highest BCUT2D eigenvalue weighted by Gasteiger charge is 2.41. The van der Waals surface area contributed by atoms with Gasteiger partial charge in [-0.05, 0) is 55.4 Å². The van der Waals surface area contributed by atoms with Crippen molar-refractivity contribution in [3.63, 3.8) is 0 Å². The number of ether oxygens (including phenoxy) is 4. The number of esters is 2. The number of aromatic nitrogens is 4. The minimum atomic E-state index is -0.805. The van der Waals surface area contributed by atoms with Crippen LogP contribution in [0.3, 0.4) is 0 Å². The van der Waals surface area contributed by atoms with E-state index in [-0.39, 0.29) is 49.5 Å². The molecule has 252 valence electrons. The molecule has 14 nitrogen and oxygen atoms in total. The summed E-state index contributed by atoms with van der Waals surface area (Å²) in [4.78, 5) is 68.2. The third-order valence-corrected chi connectivity index (χ3v) is 7.17. The van der Waals surface area contributed by atoms with E-state index in [9.17, 15) is 19.2 Å². The molecule has 2 atom stereocenters. The molecular formula is C30H40Cl2N6O8. The third-order valence-electron chi connectivity index (χ3n) is 6.52. The first-order chi connectivity index (χ1) is 21.5. The van der Waals surface area contributed by atoms with Gasteiger partial charge in [0, 0.05) is 24.0 Å². The van der Waals surface area contributed by atoms with Crippen molar-refractivity contribution < 1.29 is 38.1 Å². The summed E-state index contributed by atoms with van der Waals surface area (Å²) in [6, 6.07) is -1.59. The second kappa shape index (κ2) is 15.2. The lowest BCUT2D eigenvalue weighted by molar-refractivity contribution is -0.150. The Morgan fingerprint density at radius 3 is 1.61 bits per heavy atom. The Bertz CT molecular complexity index is 1450. The molecule has 46 heavy (non-hydrogen) atoms. The molecule has 0 spiro atoms. The Hall–Kier alpha value is -3.78. The minimum absolute atomic E-state index is 0.105. The summed E-state index contributed by atoms with van der Waals surface area (Å²) in [6.45, 7) is 14.7. The van der Waals surface area contributed by atoms with Gasteiger partial charge >= 0.3 is 24.1 Å². The van der Waals surface area contributed by atoms with Crippen molar-refractivity contribution in [1.82, 2.24) is 29.7 Å². The minimum Gasteiger partial charge on any atom is -0.464 e. The van der Waals surface area contributed by atoms with Gasteiger partial charge in [0.05, 0.1) is 37.7 Å². The SMILES string of the molecule is CCOC(=O)C1Cc2c(Cl)ncnc2CN1C(=O)OC(C)(C)C.CCOC(=O)C1Cc2ncnc(Cl)c2CN1C(=O)OC(C)(C)C. The van der Waals surface area contributed by atoms with E-state index >= 15 is 0 Å². The summed E-state index contributed by atoms with van der Waals surface area (Å²) in [6.07, 6.45) is 1.91. The van der Waals surface area contributed by atoms with E-state index < -0.39 is 47.4 Å². The highest BCUT2D eigenvalue weighted by atomic mass is 35.5. The third kappa shape index (κ3) is 9.61. The molecule has 0 aromatic carbocycles. The van der Waals surface area contributed by atoms with E-state index in [1.807, 2.05) is 0 Å². The summed E-state index contributed by atoms with van der Waals surface area (Å²) >= 11 is 12.2. The number of rotatable bonds is 4. The fraction of sp³-hybridized carbons (Fsp3) is 0.600. The van der Waals surface area contributed by atoms with Crippen LogP contribution in [0.5, 0.6) is 0 Å². The topological polar surface area (TPSA) is 163 Å². The number of nitrogens with zero attached hydrogens (tertiary/aromatic N) is 6. The molecule has 4 rings (SSSR count). The van der Waals surface area contributed by atoms with Gasteiger partial charge < -0.3 is 18.9 Å². The molecule has 4 heterocycles. The van der Waals surface area contributed by atoms with Crippen LogP contribution in [0.2, 0.25) is 10.3 Å². The van der Waals surface area contributed by atoms with Crippen LogP contribution in [-0.4, -0.2) is 90.4 Å². The average Bonchev–Trinajstić information content (AvgIpc) is 2.95. The molecule has 2 aliphatic heterocycles. The van der Waals surface area contributed by atoms with E-state index in [2.05, 4.69) is 19.9 Å². The summed E-state index contributed by atoms with van der Waals surface area (Å²) in [5, 5.41) is 0.555. The number of hydrogen-bond acceptors (Lipinski definition) is 12. The predicted octanol–water partition coefficient (Wildman–Crippen LogP) is 4.71. The number of hydrogen-bond donors (Lipinski definition) is 0. The van der Waals surface area contributed by atoms with Gasteiger partial charge in [-0.15, -0.1) is 0 Å². The van der Waals surface area contributed by atoms with E-state index in [0.29, 0.717) is 22.5 Å². The van der Waals surface area contributed by atoms with Gasteiger partial charge in [0.1, 0.15) is 46.2 Å². The molecule has 2 unspecified atom stereocenters. The smallest absolute Gasteiger partial charge is 0.411 e. The van der Waals surface area contributed by atoms with Crippen molar-refractivity contribution in [3.8, 4) is 0 Å². The maximum atomic E-state index is 12.5. The lowest BCUT2D eigenvalue weighted by atomic mass is 9.99. The second-order valence-corrected chi connectivity index (χ2v) is 13.1. The maximum absolute atomic E-state index is 12.5. The molecule has 0 fully saturated rings. The molecule has 2 aromatic rings. The fourth-order valence-corrected chi connectivity index (χ4v) is 5.03. The molecule has 0 aliphatic carbocycles. The zero-order chi connectivity index (χ0) is 34.4. The molecule has 0 N–H and O–H groups in total. The van der Waals surface area contributed by atoms with Crippen molar-refractivity contribution >= 4 is 47.3 Å². The largest absolute Gasteiger partial charge is 0.464 e. The first kappa shape index (κ1) is 36.7. The van der Waals surface area contributed by atoms with Gasteiger partial charge in [-0.1, -0.05) is 23.2 Å². The summed E-state index contributed by atoms with van der Waals surface area (Å²) in [5.74, 6) is -0.984. The first-order valence-electron chi connectivity index (χ1n) is 14.7. The van der Waals surface area contributed by atoms with Crippen LogP contribution in [0.1, 0.15) is 77.9 Å². The molecule has 0 radical (unpaired) electrons. The molecule has 0 saturated carbocycles. The number of carbonyl (C=O) groups is 4. The molecule has 0 bridgehead atoms. The fourth-order valence-electron chi connectivity index (χ4n) is 4.59. The molecule has 2 amide bonds. The Morgan fingerprint density at radius 2 is 1.13 bits per heavy atom. The summed E-state index contributed by atoms with van der Waals surface area (Å²) < 4.78 is 20.9. The zero-order valence-corrected chi connectivity index (χ0v) is 28.8. The van der Waals surface area contributed by atoms with Gasteiger partial charge in [0.15, 0.2) is 0 Å². The maximum Gasteiger partial charge on any atom is 0.411 e. The van der Waals surface area contributed by atoms with Crippen LogP contribution in [0.15, 0.2) is 12.7 Å². The van der Waals surface area contributed by atoms with Crippen molar-refractivity contribution in [2.24, 2.45) is 0 Å². The zero-order valence-electron chi connectivity index (χ0n) is 27.3. The molecule has 0 saturated heterocycles. The molecule has 2 aliphatic rings. The van der Waals surface area contributed by atoms with Crippen LogP contribution in [-0.2, 0) is 54.5 Å². The number of carbonyl (C=O) groups excluding carboxylic acids is 4. The van der Waals surface area contributed by atoms with E-state index in [1.54, 1.807) is 55.4 Å². The van der Waals surface area contributed by atoms with Gasteiger partial charge in [-0.2, -0.15) is 0 Å². The molecular weight excluding hydrogens is 643 g/mol. The lowest BCUT2D eigenvalue weighted by Crippen LogP contribution is -2.51. The number of fused-ring (bicyclic) bond motifs is 2. The van der Waals surface area contributed by atoms with Crippen LogP contribution in [0.4, 0.5) is 9.59 Å². The Balaban J connectivity index is 0.000000250. The van der Waals surface area contributed by atoms with Crippen molar-refractivity contribution in [2.45, 2.75) is 105 Å². The first-order valence-corrected chi connectivity index (χ1v) is 15.5. The lowest BCUT2D eigenvalue weighted by Gasteiger charge is -2.35. The Morgan fingerprint density at radius 1 is 0.696 bits per heavy atom. The van der Waals surface area contributed by atoms with E-state index in [0.717, 1.165) is 0 Å². The standard InChI is InChI=1S/2C15H20ClN3O4/c1-5-22-13(20)11-6-10-9(12(16)18-8-17-10)7-19(11)14(21)23-15(2,3)4;1-5-22-13(20)11-6-9-10(17-8-18-12(9)16)7-19(11)14(21)23-15(2,3)4/h2*8,11H,5-7H2,1-4H3. The summed E-state index contributed by atoms with van der Waals surface area (Å²) in [7, 11) is 0. The molecule has 2 aromatic heterocycles. The molecule has 16 heteroatoms. The van der Waals surface area contributed by atoms with Gasteiger partial charge in [0.25, 0.3) is 0 Å². The monoisotopic (exact) mass is 682 g/mol. The normalized spacial score (nSPS) is 17.4. The Labute approximate surface area is 278 Å². The highest BCUT2D eigenvalue weighted by molar-refractivity contribution is 6.30. The van der Waals surface area contributed by atoms with Crippen LogP contribution >= 0.6 is 23.2 Å². The van der Waals surface area contributed by atoms with E-state index in [1.165, 1.54) is 22.5 Å². The van der Waals surface area contributed by atoms with Crippen molar-refractivity contribution in [2.75, 3.05) is 13.2 Å². The quantitative estimate of drug-likeness (QED) is 0.248. The van der Waals surface area contributed by atoms with Crippen molar-refractivity contribution in [3.05, 3.63) is 45.5 Å². The van der Waals surface area contributed by atoms with Crippen LogP contribution in [0.25, 0.3) is 0 Å². The van der Waals surface area contributed by atoms with Crippen LogP contribution < -0.4 is 0 Å². The average molecular weight is 684 g/mol. The van der Waals surface area contributed by atoms with Gasteiger partial charge in [-0.3, -0.25) is 9.80 Å². The number of amides is 2. The summed E-state index contributed by atoms with van der Waals surface area (Å²) in [5.41, 5.74) is 1.19. The highest BCUT2D eigenvalue weighted by Crippen LogP contribution is 2.29. The van der Waals surface area contributed by atoms with Crippen molar-refractivity contribution in [1.29, 1.82) is 0 Å².